The highest BCUT2D eigenvalue weighted by Gasteiger charge is 2.02. The molecule has 19 heavy (non-hydrogen) atoms. The van der Waals surface area contributed by atoms with Crippen LogP contribution in [0.2, 0.25) is 0 Å². The molecule has 2 rings (SSSR count). The minimum atomic E-state index is 0.892. The summed E-state index contributed by atoms with van der Waals surface area (Å²) in [6.07, 6.45) is 2.70. The van der Waals surface area contributed by atoms with Gasteiger partial charge < -0.3 is 5.32 Å². The molecule has 1 heterocycles. The Balaban J connectivity index is 2.11. The van der Waals surface area contributed by atoms with E-state index in [0.29, 0.717) is 0 Å². The van der Waals surface area contributed by atoms with Crippen molar-refractivity contribution in [3.8, 4) is 0 Å². The van der Waals surface area contributed by atoms with Crippen molar-refractivity contribution in [2.24, 2.45) is 0 Å². The van der Waals surface area contributed by atoms with E-state index in [4.69, 9.17) is 0 Å². The fourth-order valence-corrected chi connectivity index (χ4v) is 2.53. The van der Waals surface area contributed by atoms with Crippen LogP contribution >= 0.6 is 11.8 Å². The molecule has 0 atom stereocenters. The largest absolute Gasteiger partial charge is 0.370 e. The molecule has 0 aliphatic carbocycles. The Kier molecular flexibility index (Phi) is 4.80. The molecule has 0 bridgehead atoms. The highest BCUT2D eigenvalue weighted by Crippen LogP contribution is 2.28. The molecular formula is C15H19N3S. The van der Waals surface area contributed by atoms with Gasteiger partial charge in [0, 0.05) is 17.5 Å². The first-order valence-corrected chi connectivity index (χ1v) is 7.31. The molecule has 2 aromatic rings. The second kappa shape index (κ2) is 6.57. The van der Waals surface area contributed by atoms with E-state index in [1.807, 2.05) is 6.07 Å². The van der Waals surface area contributed by atoms with Gasteiger partial charge in [-0.25, -0.2) is 9.97 Å². The first-order valence-electron chi connectivity index (χ1n) is 6.50. The van der Waals surface area contributed by atoms with Crippen LogP contribution in [-0.4, -0.2) is 16.5 Å². The molecule has 0 spiro atoms. The van der Waals surface area contributed by atoms with E-state index in [-0.39, 0.29) is 0 Å². The third kappa shape index (κ3) is 3.96. The summed E-state index contributed by atoms with van der Waals surface area (Å²) in [5, 5.41) is 4.25. The lowest BCUT2D eigenvalue weighted by molar-refractivity contribution is 0.953. The smallest absolute Gasteiger partial charge is 0.130 e. The summed E-state index contributed by atoms with van der Waals surface area (Å²) >= 11 is 1.67. The van der Waals surface area contributed by atoms with Gasteiger partial charge in [0.1, 0.15) is 17.2 Å². The highest BCUT2D eigenvalue weighted by molar-refractivity contribution is 7.99. The van der Waals surface area contributed by atoms with E-state index in [2.05, 4.69) is 54.3 Å². The summed E-state index contributed by atoms with van der Waals surface area (Å²) in [6.45, 7) is 7.33. The number of nitrogens with one attached hydrogen (secondary N) is 1. The third-order valence-electron chi connectivity index (χ3n) is 2.90. The Hall–Kier alpha value is -1.55. The molecule has 0 amide bonds. The van der Waals surface area contributed by atoms with Crippen molar-refractivity contribution in [3.05, 3.63) is 41.7 Å². The molecule has 3 nitrogen and oxygen atoms in total. The first-order chi connectivity index (χ1) is 9.19. The number of hydrogen-bond acceptors (Lipinski definition) is 4. The number of hydrogen-bond donors (Lipinski definition) is 1. The van der Waals surface area contributed by atoms with Crippen LogP contribution in [0.5, 0.6) is 0 Å². The average Bonchev–Trinajstić information content (AvgIpc) is 2.41. The molecule has 0 aliphatic rings. The van der Waals surface area contributed by atoms with E-state index in [0.717, 1.165) is 23.8 Å². The summed E-state index contributed by atoms with van der Waals surface area (Å²) in [5.74, 6) is 0.892. The molecular weight excluding hydrogens is 254 g/mol. The van der Waals surface area contributed by atoms with Gasteiger partial charge in [0.2, 0.25) is 0 Å². The zero-order valence-corrected chi connectivity index (χ0v) is 12.4. The van der Waals surface area contributed by atoms with Gasteiger partial charge in [0.05, 0.1) is 0 Å². The normalized spacial score (nSPS) is 10.5. The van der Waals surface area contributed by atoms with Crippen molar-refractivity contribution >= 4 is 17.6 Å². The van der Waals surface area contributed by atoms with Crippen LogP contribution in [0.3, 0.4) is 0 Å². The van der Waals surface area contributed by atoms with Gasteiger partial charge in [0.15, 0.2) is 0 Å². The third-order valence-corrected chi connectivity index (χ3v) is 3.82. The van der Waals surface area contributed by atoms with Crippen LogP contribution < -0.4 is 5.32 Å². The number of nitrogens with zero attached hydrogens (tertiary/aromatic N) is 2. The summed E-state index contributed by atoms with van der Waals surface area (Å²) in [7, 11) is 0. The maximum atomic E-state index is 4.31. The second-order valence-corrected chi connectivity index (χ2v) is 5.61. The molecule has 0 fully saturated rings. The number of aromatic nitrogens is 2. The maximum absolute atomic E-state index is 4.31. The highest BCUT2D eigenvalue weighted by atomic mass is 32.2. The fourth-order valence-electron chi connectivity index (χ4n) is 1.64. The maximum Gasteiger partial charge on any atom is 0.130 e. The van der Waals surface area contributed by atoms with Crippen LogP contribution in [0.15, 0.2) is 40.5 Å². The van der Waals surface area contributed by atoms with Crippen LogP contribution in [0.4, 0.5) is 5.82 Å². The van der Waals surface area contributed by atoms with E-state index < -0.39 is 0 Å². The molecule has 0 unspecified atom stereocenters. The minimum Gasteiger partial charge on any atom is -0.370 e. The quantitative estimate of drug-likeness (QED) is 0.833. The molecule has 0 aliphatic heterocycles. The van der Waals surface area contributed by atoms with Crippen LogP contribution in [-0.2, 0) is 0 Å². The van der Waals surface area contributed by atoms with Gasteiger partial charge in [-0.3, -0.25) is 0 Å². The molecule has 0 saturated heterocycles. The lowest BCUT2D eigenvalue weighted by Crippen LogP contribution is -2.02. The number of aryl methyl sites for hydroxylation is 2. The van der Waals surface area contributed by atoms with Crippen molar-refractivity contribution < 1.29 is 0 Å². The van der Waals surface area contributed by atoms with Crippen molar-refractivity contribution in [1.82, 2.24) is 9.97 Å². The summed E-state index contributed by atoms with van der Waals surface area (Å²) in [4.78, 5) is 9.73. The van der Waals surface area contributed by atoms with Crippen molar-refractivity contribution in [2.45, 2.75) is 37.1 Å². The Morgan fingerprint density at radius 3 is 2.68 bits per heavy atom. The van der Waals surface area contributed by atoms with Crippen molar-refractivity contribution in [2.75, 3.05) is 11.9 Å². The second-order valence-electron chi connectivity index (χ2n) is 4.52. The summed E-state index contributed by atoms with van der Waals surface area (Å²) < 4.78 is 0. The Morgan fingerprint density at radius 1 is 1.11 bits per heavy atom. The zero-order chi connectivity index (χ0) is 13.7. The van der Waals surface area contributed by atoms with Gasteiger partial charge in [-0.2, -0.15) is 0 Å². The topological polar surface area (TPSA) is 37.8 Å². The predicted octanol–water partition coefficient (Wildman–Crippen LogP) is 4.07. The van der Waals surface area contributed by atoms with Gasteiger partial charge in [-0.1, -0.05) is 24.8 Å². The van der Waals surface area contributed by atoms with E-state index in [1.54, 1.807) is 18.1 Å². The molecule has 4 heteroatoms. The molecule has 1 N–H and O–H groups in total. The Labute approximate surface area is 118 Å². The van der Waals surface area contributed by atoms with E-state index in [1.165, 1.54) is 16.0 Å². The van der Waals surface area contributed by atoms with Crippen LogP contribution in [0.25, 0.3) is 0 Å². The molecule has 0 saturated carbocycles. The number of rotatable bonds is 5. The standard InChI is InChI=1S/C15H19N3S/c1-4-7-16-14-9-15(18-10-17-14)19-13-6-5-11(2)12(3)8-13/h5-6,8-10H,4,7H2,1-3H3,(H,16,17,18). The number of benzene rings is 1. The molecule has 1 aromatic carbocycles. The molecule has 100 valence electrons. The lowest BCUT2D eigenvalue weighted by atomic mass is 10.1. The summed E-state index contributed by atoms with van der Waals surface area (Å²) in [5.41, 5.74) is 2.63. The SMILES string of the molecule is CCCNc1cc(Sc2ccc(C)c(C)c2)ncn1. The molecule has 0 radical (unpaired) electrons. The van der Waals surface area contributed by atoms with Crippen LogP contribution in [0.1, 0.15) is 24.5 Å². The van der Waals surface area contributed by atoms with Crippen molar-refractivity contribution in [1.29, 1.82) is 0 Å². The summed E-state index contributed by atoms with van der Waals surface area (Å²) in [6, 6.07) is 8.47. The van der Waals surface area contributed by atoms with Gasteiger partial charge >= 0.3 is 0 Å². The van der Waals surface area contributed by atoms with Crippen molar-refractivity contribution in [3.63, 3.8) is 0 Å². The minimum absolute atomic E-state index is 0.892. The predicted molar refractivity (Wildman–Crippen MR) is 80.9 cm³/mol. The fraction of sp³-hybridized carbons (Fsp3) is 0.333. The first kappa shape index (κ1) is 13.9. The number of anilines is 1. The van der Waals surface area contributed by atoms with Gasteiger partial charge in [-0.05, 0) is 43.5 Å². The Bertz CT molecular complexity index is 555. The average molecular weight is 273 g/mol. The zero-order valence-electron chi connectivity index (χ0n) is 11.6. The monoisotopic (exact) mass is 273 g/mol. The lowest BCUT2D eigenvalue weighted by Gasteiger charge is -2.07. The molecule has 1 aromatic heterocycles. The Morgan fingerprint density at radius 2 is 1.95 bits per heavy atom. The van der Waals surface area contributed by atoms with Crippen LogP contribution in [0, 0.1) is 13.8 Å². The van der Waals surface area contributed by atoms with E-state index in [9.17, 15) is 0 Å². The van der Waals surface area contributed by atoms with E-state index >= 15 is 0 Å². The van der Waals surface area contributed by atoms with Gasteiger partial charge in [-0.15, -0.1) is 0 Å². The van der Waals surface area contributed by atoms with Gasteiger partial charge in [0.25, 0.3) is 0 Å².